The van der Waals surface area contributed by atoms with Gasteiger partial charge in [-0.2, -0.15) is 0 Å². The number of carbonyl (C=O) groups excluding carboxylic acids is 1. The first kappa shape index (κ1) is 22.7. The number of fused-ring (bicyclic) bond motifs is 1. The minimum absolute atomic E-state index is 0.00293. The summed E-state index contributed by atoms with van der Waals surface area (Å²) in [6.45, 7) is 10.2. The highest BCUT2D eigenvalue weighted by molar-refractivity contribution is 6.42. The van der Waals surface area contributed by atoms with E-state index in [0.717, 1.165) is 22.5 Å². The maximum Gasteiger partial charge on any atom is 0.410 e. The highest BCUT2D eigenvalue weighted by atomic mass is 35.5. The zero-order valence-electron chi connectivity index (χ0n) is 18.8. The third-order valence-electron chi connectivity index (χ3n) is 5.50. The molecule has 0 unspecified atom stereocenters. The molecule has 1 aromatic heterocycles. The van der Waals surface area contributed by atoms with E-state index in [-0.39, 0.29) is 12.1 Å². The number of imidazole rings is 1. The summed E-state index contributed by atoms with van der Waals surface area (Å²) in [7, 11) is 0. The summed E-state index contributed by atoms with van der Waals surface area (Å²) in [5.41, 5.74) is 2.52. The standard InChI is InChI=1S/C24H28Cl2N4O2/c1-16-14-28(11-12-29(16)23(31)32-24(2,3)4)22-27-20-7-5-6-8-21(20)30(22)15-17-9-10-18(25)19(26)13-17/h5-10,13,16H,11-12,14-15H2,1-4H3/t16-/m1/s1. The van der Waals surface area contributed by atoms with Crippen molar-refractivity contribution in [2.24, 2.45) is 0 Å². The second kappa shape index (κ2) is 8.83. The number of rotatable bonds is 3. The van der Waals surface area contributed by atoms with Crippen molar-refractivity contribution in [2.45, 2.75) is 45.9 Å². The van der Waals surface area contributed by atoms with Crippen LogP contribution in [0.15, 0.2) is 42.5 Å². The van der Waals surface area contributed by atoms with Crippen LogP contribution in [0.4, 0.5) is 10.7 Å². The summed E-state index contributed by atoms with van der Waals surface area (Å²) >= 11 is 12.4. The van der Waals surface area contributed by atoms with E-state index in [2.05, 4.69) is 15.5 Å². The van der Waals surface area contributed by atoms with Crippen molar-refractivity contribution in [1.29, 1.82) is 0 Å². The lowest BCUT2D eigenvalue weighted by atomic mass is 10.2. The number of piperazine rings is 1. The quantitative estimate of drug-likeness (QED) is 0.478. The van der Waals surface area contributed by atoms with Crippen LogP contribution >= 0.6 is 23.2 Å². The second-order valence-electron chi connectivity index (χ2n) is 9.20. The lowest BCUT2D eigenvalue weighted by molar-refractivity contribution is 0.0158. The first-order chi connectivity index (χ1) is 15.1. The van der Waals surface area contributed by atoms with E-state index in [1.165, 1.54) is 0 Å². The van der Waals surface area contributed by atoms with Gasteiger partial charge in [-0.05, 0) is 57.5 Å². The molecule has 0 bridgehead atoms. The average Bonchev–Trinajstić information content (AvgIpc) is 3.08. The molecule has 8 heteroatoms. The predicted octanol–water partition coefficient (Wildman–Crippen LogP) is 5.84. The molecule has 1 aliphatic heterocycles. The first-order valence-corrected chi connectivity index (χ1v) is 11.5. The molecular weight excluding hydrogens is 447 g/mol. The number of amides is 1. The molecule has 0 N–H and O–H groups in total. The SMILES string of the molecule is C[C@@H]1CN(c2nc3ccccc3n2Cc2ccc(Cl)c(Cl)c2)CCN1C(=O)OC(C)(C)C. The van der Waals surface area contributed by atoms with Crippen LogP contribution < -0.4 is 4.90 Å². The van der Waals surface area contributed by atoms with E-state index >= 15 is 0 Å². The van der Waals surface area contributed by atoms with Gasteiger partial charge in [-0.3, -0.25) is 0 Å². The summed E-state index contributed by atoms with van der Waals surface area (Å²) in [5.74, 6) is 0.882. The highest BCUT2D eigenvalue weighted by Gasteiger charge is 2.32. The number of hydrogen-bond acceptors (Lipinski definition) is 4. The van der Waals surface area contributed by atoms with Crippen molar-refractivity contribution >= 4 is 46.3 Å². The molecule has 1 fully saturated rings. The Morgan fingerprint density at radius 1 is 1.12 bits per heavy atom. The molecule has 1 saturated heterocycles. The van der Waals surface area contributed by atoms with Gasteiger partial charge in [-0.25, -0.2) is 9.78 Å². The summed E-state index contributed by atoms with van der Waals surface area (Å²) in [6, 6.07) is 13.8. The molecular formula is C24H28Cl2N4O2. The normalized spacial score (nSPS) is 17.1. The van der Waals surface area contributed by atoms with Crippen LogP contribution in [-0.4, -0.2) is 51.8 Å². The molecule has 32 heavy (non-hydrogen) atoms. The third kappa shape index (κ3) is 4.81. The van der Waals surface area contributed by atoms with Crippen molar-refractivity contribution in [3.63, 3.8) is 0 Å². The molecule has 2 aromatic carbocycles. The monoisotopic (exact) mass is 474 g/mol. The fraction of sp³-hybridized carbons (Fsp3) is 0.417. The van der Waals surface area contributed by atoms with Crippen molar-refractivity contribution in [3.8, 4) is 0 Å². The number of ether oxygens (including phenoxy) is 1. The highest BCUT2D eigenvalue weighted by Crippen LogP contribution is 2.28. The largest absolute Gasteiger partial charge is 0.444 e. The third-order valence-corrected chi connectivity index (χ3v) is 6.24. The molecule has 0 spiro atoms. The molecule has 0 saturated carbocycles. The van der Waals surface area contributed by atoms with Gasteiger partial charge in [0.05, 0.1) is 27.6 Å². The van der Waals surface area contributed by atoms with Gasteiger partial charge in [0.15, 0.2) is 0 Å². The minimum atomic E-state index is -0.512. The van der Waals surface area contributed by atoms with Gasteiger partial charge in [0.25, 0.3) is 0 Å². The first-order valence-electron chi connectivity index (χ1n) is 10.8. The summed E-state index contributed by atoms with van der Waals surface area (Å²) in [5, 5.41) is 1.08. The summed E-state index contributed by atoms with van der Waals surface area (Å²) in [4.78, 5) is 21.6. The van der Waals surface area contributed by atoms with Crippen LogP contribution in [0.2, 0.25) is 10.0 Å². The Hall–Kier alpha value is -2.44. The molecule has 3 aromatic rings. The number of hydrogen-bond donors (Lipinski definition) is 0. The van der Waals surface area contributed by atoms with Crippen molar-refractivity contribution in [2.75, 3.05) is 24.5 Å². The molecule has 1 amide bonds. The van der Waals surface area contributed by atoms with Crippen molar-refractivity contribution < 1.29 is 9.53 Å². The second-order valence-corrected chi connectivity index (χ2v) is 10.0. The summed E-state index contributed by atoms with van der Waals surface area (Å²) in [6.07, 6.45) is -0.269. The Morgan fingerprint density at radius 2 is 1.88 bits per heavy atom. The average molecular weight is 475 g/mol. The predicted molar refractivity (Wildman–Crippen MR) is 130 cm³/mol. The zero-order chi connectivity index (χ0) is 23.0. The number of aromatic nitrogens is 2. The van der Waals surface area contributed by atoms with E-state index in [9.17, 15) is 4.79 Å². The van der Waals surface area contributed by atoms with E-state index in [1.54, 1.807) is 4.90 Å². The van der Waals surface area contributed by atoms with E-state index in [1.807, 2.05) is 64.1 Å². The molecule has 0 aliphatic carbocycles. The Morgan fingerprint density at radius 3 is 2.56 bits per heavy atom. The molecule has 1 atom stereocenters. The number of nitrogens with zero attached hydrogens (tertiary/aromatic N) is 4. The number of carbonyl (C=O) groups is 1. The molecule has 0 radical (unpaired) electrons. The number of para-hydroxylation sites is 2. The maximum absolute atomic E-state index is 12.6. The lowest BCUT2D eigenvalue weighted by Crippen LogP contribution is -2.55. The number of benzene rings is 2. The van der Waals surface area contributed by atoms with Crippen LogP contribution in [0.1, 0.15) is 33.3 Å². The van der Waals surface area contributed by atoms with Crippen LogP contribution in [0.5, 0.6) is 0 Å². The van der Waals surface area contributed by atoms with Crippen LogP contribution in [0, 0.1) is 0 Å². The van der Waals surface area contributed by atoms with Gasteiger partial charge < -0.3 is 19.1 Å². The van der Waals surface area contributed by atoms with Crippen LogP contribution in [0.3, 0.4) is 0 Å². The van der Waals surface area contributed by atoms with Gasteiger partial charge in [-0.1, -0.05) is 41.4 Å². The van der Waals surface area contributed by atoms with E-state index in [4.69, 9.17) is 32.9 Å². The zero-order valence-corrected chi connectivity index (χ0v) is 20.3. The summed E-state index contributed by atoms with van der Waals surface area (Å²) < 4.78 is 7.78. The molecule has 4 rings (SSSR count). The smallest absolute Gasteiger partial charge is 0.410 e. The van der Waals surface area contributed by atoms with Crippen molar-refractivity contribution in [1.82, 2.24) is 14.5 Å². The van der Waals surface area contributed by atoms with Crippen LogP contribution in [0.25, 0.3) is 11.0 Å². The molecule has 6 nitrogen and oxygen atoms in total. The minimum Gasteiger partial charge on any atom is -0.444 e. The van der Waals surface area contributed by atoms with Crippen molar-refractivity contribution in [3.05, 3.63) is 58.1 Å². The molecule has 170 valence electrons. The van der Waals surface area contributed by atoms with E-state index in [0.29, 0.717) is 36.2 Å². The number of halogens is 2. The molecule has 2 heterocycles. The van der Waals surface area contributed by atoms with Gasteiger partial charge >= 0.3 is 6.09 Å². The van der Waals surface area contributed by atoms with Gasteiger partial charge in [0, 0.05) is 25.7 Å². The van der Waals surface area contributed by atoms with Gasteiger partial charge in [0.1, 0.15) is 5.60 Å². The maximum atomic E-state index is 12.6. The fourth-order valence-electron chi connectivity index (χ4n) is 4.01. The Balaban J connectivity index is 1.61. The van der Waals surface area contributed by atoms with Gasteiger partial charge in [-0.15, -0.1) is 0 Å². The lowest BCUT2D eigenvalue weighted by Gasteiger charge is -2.40. The van der Waals surface area contributed by atoms with Crippen LogP contribution in [-0.2, 0) is 11.3 Å². The van der Waals surface area contributed by atoms with E-state index < -0.39 is 5.60 Å². The Bertz CT molecular complexity index is 1140. The number of anilines is 1. The Labute approximate surface area is 198 Å². The van der Waals surface area contributed by atoms with Gasteiger partial charge in [0.2, 0.25) is 5.95 Å². The fourth-order valence-corrected chi connectivity index (χ4v) is 4.33. The topological polar surface area (TPSA) is 50.6 Å². The Kier molecular flexibility index (Phi) is 6.28. The molecule has 1 aliphatic rings.